The Morgan fingerprint density at radius 2 is 1.08 bits per heavy atom. The van der Waals surface area contributed by atoms with Gasteiger partial charge in [0, 0.05) is 41.8 Å². The minimum atomic E-state index is -0.814. The largest absolute Gasteiger partial charge is 0.507 e. The number of phenols is 1. The zero-order valence-electron chi connectivity index (χ0n) is 47.6. The van der Waals surface area contributed by atoms with Crippen molar-refractivity contribution in [2.75, 3.05) is 0 Å². The Morgan fingerprint density at radius 3 is 1.63 bits per heavy atom. The van der Waals surface area contributed by atoms with Gasteiger partial charge < -0.3 is 5.11 Å². The van der Waals surface area contributed by atoms with Crippen LogP contribution in [0, 0.1) is 19.9 Å². The molecule has 2 aromatic heterocycles. The maximum atomic E-state index is 12.3. The van der Waals surface area contributed by atoms with E-state index in [1.54, 1.807) is 0 Å². The number of fused-ring (bicyclic) bond motifs is 1. The fourth-order valence-electron chi connectivity index (χ4n) is 9.33. The number of pyridine rings is 1. The van der Waals surface area contributed by atoms with E-state index in [2.05, 4.69) is 213 Å². The van der Waals surface area contributed by atoms with Crippen molar-refractivity contribution in [1.29, 1.82) is 0 Å². The van der Waals surface area contributed by atoms with Gasteiger partial charge >= 0.3 is 0 Å². The molecule has 0 unspecified atom stereocenters. The number of aromatic nitrogens is 3. The number of aryl methyl sites for hydroxylation is 2. The Balaban J connectivity index is 0.000000361. The Hall–Kier alpha value is -6.35. The Morgan fingerprint density at radius 1 is 0.534 bits per heavy atom. The summed E-state index contributed by atoms with van der Waals surface area (Å²) in [6.45, 7) is 31.6. The number of phenolic OH excluding ortho intramolecular Hbond substituents is 1. The molecule has 0 bridgehead atoms. The first kappa shape index (κ1) is 51.5. The van der Waals surface area contributed by atoms with Crippen LogP contribution in [0.5, 0.6) is 5.75 Å². The van der Waals surface area contributed by atoms with Crippen LogP contribution >= 0.6 is 0 Å². The molecule has 9 aromatic rings. The third-order valence-electron chi connectivity index (χ3n) is 13.7. The van der Waals surface area contributed by atoms with Crippen molar-refractivity contribution < 1.29 is 28.9 Å². The van der Waals surface area contributed by atoms with Crippen LogP contribution in [0.4, 0.5) is 0 Å². The molecule has 9 rings (SSSR count). The van der Waals surface area contributed by atoms with E-state index in [9.17, 15) is 5.11 Å². The van der Waals surface area contributed by atoms with Gasteiger partial charge in [0.05, 0.1) is 22.3 Å². The van der Waals surface area contributed by atoms with E-state index in [-0.39, 0.29) is 43.1 Å². The normalized spacial score (nSPS) is 12.6. The Labute approximate surface area is 454 Å². The summed E-state index contributed by atoms with van der Waals surface area (Å²) in [5.41, 5.74) is 19.0. The molecule has 0 amide bonds. The van der Waals surface area contributed by atoms with Crippen LogP contribution in [0.2, 0.25) is 0 Å². The van der Waals surface area contributed by atoms with Crippen LogP contribution in [0.3, 0.4) is 0 Å². The molecule has 0 spiro atoms. The third kappa shape index (κ3) is 12.0. The quantitative estimate of drug-likeness (QED) is 0.154. The van der Waals surface area contributed by atoms with E-state index in [4.69, 9.17) is 7.73 Å². The summed E-state index contributed by atoms with van der Waals surface area (Å²) >= 11 is 0. The van der Waals surface area contributed by atoms with Crippen molar-refractivity contribution >= 4 is 11.0 Å². The summed E-state index contributed by atoms with van der Waals surface area (Å²) in [6, 6.07) is 54.5. The Kier molecular flexibility index (Phi) is 15.3. The molecule has 5 heteroatoms. The molecule has 0 aliphatic heterocycles. The van der Waals surface area contributed by atoms with E-state index >= 15 is 0 Å². The number of hydrogen-bond acceptors (Lipinski definition) is 3. The second-order valence-electron chi connectivity index (χ2n) is 23.1. The van der Waals surface area contributed by atoms with Gasteiger partial charge in [-0.25, -0.2) is 4.98 Å². The summed E-state index contributed by atoms with van der Waals surface area (Å²) in [7, 11) is 0. The zero-order chi connectivity index (χ0) is 53.7. The third-order valence-corrected chi connectivity index (χ3v) is 13.7. The minimum Gasteiger partial charge on any atom is -0.507 e. The van der Waals surface area contributed by atoms with E-state index in [0.717, 1.165) is 72.4 Å². The topological polar surface area (TPSA) is 50.9 Å². The average Bonchev–Trinajstić information content (AvgIpc) is 3.72. The molecule has 0 aliphatic rings. The molecule has 0 saturated heterocycles. The van der Waals surface area contributed by atoms with Crippen LogP contribution in [0.15, 0.2) is 158 Å². The van der Waals surface area contributed by atoms with E-state index < -0.39 is 11.8 Å². The predicted octanol–water partition coefficient (Wildman–Crippen LogP) is 18.7. The van der Waals surface area contributed by atoms with Gasteiger partial charge in [-0.2, -0.15) is 0 Å². The summed E-state index contributed by atoms with van der Waals surface area (Å²) in [5, 5.41) is 12.3. The molecule has 0 saturated carbocycles. The maximum Gasteiger partial charge on any atom is 0.148 e. The number of aromatic hydroxyl groups is 1. The summed E-state index contributed by atoms with van der Waals surface area (Å²) in [5.74, 6) is -0.705. The molecule has 73 heavy (non-hydrogen) atoms. The zero-order valence-corrected chi connectivity index (χ0v) is 47.9. The van der Waals surface area contributed by atoms with Gasteiger partial charge in [0.1, 0.15) is 11.6 Å². The number of hydrogen-bond donors (Lipinski definition) is 1. The van der Waals surface area contributed by atoms with Gasteiger partial charge in [-0.05, 0) is 127 Å². The fourth-order valence-corrected chi connectivity index (χ4v) is 9.33. The van der Waals surface area contributed by atoms with Crippen molar-refractivity contribution in [3.05, 3.63) is 203 Å². The smallest absolute Gasteiger partial charge is 0.148 e. The van der Waals surface area contributed by atoms with Gasteiger partial charge in [0.25, 0.3) is 0 Å². The second-order valence-corrected chi connectivity index (χ2v) is 23.1. The second kappa shape index (κ2) is 21.6. The SMILES string of the molecule is [2H]C(C)(C)c1cc(-c2ccc(-n3c(-c4cc(C(C)(C)C)cc(C(C)(C)C)c4O)nc4c(-c5[c-]c(C)cc(C(C)(C)C)c5)cccc43)c(C)c2)cc(C([2H])(C)C)c1.[Pt].c1ccc(-c2ccc(-c3ccncc3)cc2)cc1. The molecule has 7 aromatic carbocycles. The van der Waals surface area contributed by atoms with Crippen LogP contribution in [-0.2, 0) is 37.3 Å². The summed E-state index contributed by atoms with van der Waals surface area (Å²) in [6.07, 6.45) is 3.64. The Bertz CT molecular complexity index is 3380. The molecule has 0 aliphatic carbocycles. The van der Waals surface area contributed by atoms with Crippen LogP contribution < -0.4 is 0 Å². The predicted molar refractivity (Wildman–Crippen MR) is 307 cm³/mol. The maximum absolute atomic E-state index is 12.3. The average molecular weight is 1150 g/mol. The molecule has 1 N–H and O–H groups in total. The van der Waals surface area contributed by atoms with Gasteiger partial charge in [0.15, 0.2) is 0 Å². The monoisotopic (exact) mass is 1150 g/mol. The van der Waals surface area contributed by atoms with Crippen molar-refractivity contribution in [2.24, 2.45) is 0 Å². The first-order chi connectivity index (χ1) is 34.6. The van der Waals surface area contributed by atoms with E-state index in [1.165, 1.54) is 27.8 Å². The molecule has 0 fully saturated rings. The van der Waals surface area contributed by atoms with Gasteiger partial charge in [-0.3, -0.25) is 9.55 Å². The van der Waals surface area contributed by atoms with Gasteiger partial charge in [0.2, 0.25) is 0 Å². The van der Waals surface area contributed by atoms with Gasteiger partial charge in [-0.1, -0.05) is 200 Å². The number of rotatable bonds is 8. The van der Waals surface area contributed by atoms with Crippen molar-refractivity contribution in [2.45, 2.75) is 132 Å². The van der Waals surface area contributed by atoms with Gasteiger partial charge in [-0.15, -0.1) is 34.9 Å². The molecule has 378 valence electrons. The standard InChI is InChI=1S/C51H61N2O.C17H13N.Pt/c1-30(2)35-24-36(31(3)4)26-37(25-35)34-19-20-44(33(6)23-34)53-45-18-16-17-41(38-21-32(5)22-39(27-38)49(7,8)9)46(45)52-48(53)42-28-40(50(10,11)12)29-43(47(42)54)51(13,14)15;1-2-4-14(5-3-1)15-6-8-16(9-7-15)17-10-12-18-13-11-17;/h16-20,22-31,54H,1-15H3;1-13H;/q-1;;/i30D,31D;;. The van der Waals surface area contributed by atoms with E-state index in [0.29, 0.717) is 11.4 Å². The molecule has 4 nitrogen and oxygen atoms in total. The van der Waals surface area contributed by atoms with Crippen LogP contribution in [-0.4, -0.2) is 19.6 Å². The van der Waals surface area contributed by atoms with Crippen LogP contribution in [0.1, 0.15) is 143 Å². The number of imidazole rings is 1. The minimum absolute atomic E-state index is 0. The van der Waals surface area contributed by atoms with Crippen molar-refractivity contribution in [1.82, 2.24) is 14.5 Å². The number of para-hydroxylation sites is 1. The van der Waals surface area contributed by atoms with Crippen molar-refractivity contribution in [3.63, 3.8) is 0 Å². The summed E-state index contributed by atoms with van der Waals surface area (Å²) in [4.78, 5) is 9.54. The fraction of sp³-hybridized carbons (Fsp3) is 0.294. The summed E-state index contributed by atoms with van der Waals surface area (Å²) < 4.78 is 19.9. The van der Waals surface area contributed by atoms with Crippen LogP contribution in [0.25, 0.3) is 72.6 Å². The molecule has 0 atom stereocenters. The number of benzene rings is 7. The molecular formula is C68H74N3OPt-. The molecular weight excluding hydrogens is 1070 g/mol. The molecule has 0 radical (unpaired) electrons. The first-order valence-corrected chi connectivity index (χ1v) is 25.4. The number of nitrogens with zero attached hydrogens (tertiary/aromatic N) is 3. The van der Waals surface area contributed by atoms with Crippen molar-refractivity contribution in [3.8, 4) is 67.3 Å². The first-order valence-electron chi connectivity index (χ1n) is 26.4. The van der Waals surface area contributed by atoms with E-state index in [1.807, 2.05) is 64.4 Å². The molecule has 2 heterocycles.